The molecule has 0 radical (unpaired) electrons. The molecule has 0 saturated heterocycles. The van der Waals surface area contributed by atoms with Crippen LogP contribution in [0.1, 0.15) is 17.0 Å². The van der Waals surface area contributed by atoms with Gasteiger partial charge in [-0.2, -0.15) is 0 Å². The zero-order chi connectivity index (χ0) is 15.8. The molecule has 1 N–H and O–H groups in total. The van der Waals surface area contributed by atoms with Crippen molar-refractivity contribution in [3.05, 3.63) is 53.3 Å². The van der Waals surface area contributed by atoms with Crippen molar-refractivity contribution in [3.63, 3.8) is 0 Å². The fourth-order valence-electron chi connectivity index (χ4n) is 2.68. The first-order chi connectivity index (χ1) is 11.3. The third-order valence-electron chi connectivity index (χ3n) is 3.91. The SMILES string of the molecule is Cc1c(C)n(-c2nccs2)c2ncnc(NCc3ccco3)c12. The highest BCUT2D eigenvalue weighted by Gasteiger charge is 2.18. The lowest BCUT2D eigenvalue weighted by molar-refractivity contribution is 0.518. The molecule has 116 valence electrons. The summed E-state index contributed by atoms with van der Waals surface area (Å²) in [6.07, 6.45) is 5.05. The van der Waals surface area contributed by atoms with E-state index in [1.807, 2.05) is 17.5 Å². The topological polar surface area (TPSA) is 68.8 Å². The second-order valence-electron chi connectivity index (χ2n) is 5.21. The van der Waals surface area contributed by atoms with E-state index >= 15 is 0 Å². The van der Waals surface area contributed by atoms with E-state index in [4.69, 9.17) is 4.42 Å². The Kier molecular flexibility index (Phi) is 3.34. The van der Waals surface area contributed by atoms with Crippen molar-refractivity contribution in [1.29, 1.82) is 0 Å². The molecule has 0 unspecified atom stereocenters. The van der Waals surface area contributed by atoms with Gasteiger partial charge in [0.05, 0.1) is 18.2 Å². The van der Waals surface area contributed by atoms with Gasteiger partial charge in [0.25, 0.3) is 0 Å². The Bertz CT molecular complexity index is 941. The zero-order valence-electron chi connectivity index (χ0n) is 12.8. The largest absolute Gasteiger partial charge is 0.467 e. The highest BCUT2D eigenvalue weighted by Crippen LogP contribution is 2.31. The number of fused-ring (bicyclic) bond motifs is 1. The molecule has 0 aliphatic rings. The molecule has 0 bridgehead atoms. The smallest absolute Gasteiger partial charge is 0.195 e. The second kappa shape index (κ2) is 5.51. The molecule has 0 fully saturated rings. The quantitative estimate of drug-likeness (QED) is 0.619. The molecular weight excluding hydrogens is 310 g/mol. The summed E-state index contributed by atoms with van der Waals surface area (Å²) >= 11 is 1.59. The molecule has 0 saturated carbocycles. The fourth-order valence-corrected chi connectivity index (χ4v) is 3.37. The van der Waals surface area contributed by atoms with E-state index in [9.17, 15) is 0 Å². The van der Waals surface area contributed by atoms with Gasteiger partial charge in [0.1, 0.15) is 17.9 Å². The number of nitrogens with zero attached hydrogens (tertiary/aromatic N) is 4. The Labute approximate surface area is 136 Å². The Balaban J connectivity index is 1.82. The highest BCUT2D eigenvalue weighted by atomic mass is 32.1. The minimum Gasteiger partial charge on any atom is -0.467 e. The predicted octanol–water partition coefficient (Wildman–Crippen LogP) is 3.70. The number of rotatable bonds is 4. The Hall–Kier alpha value is -2.67. The van der Waals surface area contributed by atoms with Gasteiger partial charge in [-0.1, -0.05) is 0 Å². The van der Waals surface area contributed by atoms with Crippen LogP contribution in [0.3, 0.4) is 0 Å². The maximum absolute atomic E-state index is 5.37. The van der Waals surface area contributed by atoms with Crippen LogP contribution in [0.25, 0.3) is 16.2 Å². The summed E-state index contributed by atoms with van der Waals surface area (Å²) < 4.78 is 7.44. The highest BCUT2D eigenvalue weighted by molar-refractivity contribution is 7.12. The third kappa shape index (κ3) is 2.29. The van der Waals surface area contributed by atoms with Gasteiger partial charge < -0.3 is 9.73 Å². The van der Waals surface area contributed by atoms with Gasteiger partial charge in [-0.25, -0.2) is 15.0 Å². The summed E-state index contributed by atoms with van der Waals surface area (Å²) in [4.78, 5) is 13.3. The average Bonchev–Trinajstić information content (AvgIpc) is 3.29. The van der Waals surface area contributed by atoms with Crippen molar-refractivity contribution in [2.75, 3.05) is 5.32 Å². The molecule has 0 aliphatic carbocycles. The lowest BCUT2D eigenvalue weighted by Crippen LogP contribution is -2.02. The minimum atomic E-state index is 0.583. The van der Waals surface area contributed by atoms with Crippen LogP contribution in [0.15, 0.2) is 40.7 Å². The molecule has 23 heavy (non-hydrogen) atoms. The standard InChI is InChI=1S/C16H15N5OS/c1-10-11(2)21(16-17-5-7-23-16)15-13(10)14(19-9-20-15)18-8-12-4-3-6-22-12/h3-7,9H,8H2,1-2H3,(H,18,19,20). The summed E-state index contributed by atoms with van der Waals surface area (Å²) in [6.45, 7) is 4.75. The fraction of sp³-hybridized carbons (Fsp3) is 0.188. The van der Waals surface area contributed by atoms with Gasteiger partial charge in [0.2, 0.25) is 0 Å². The number of furan rings is 1. The number of hydrogen-bond acceptors (Lipinski definition) is 6. The van der Waals surface area contributed by atoms with E-state index in [1.165, 1.54) is 0 Å². The first-order valence-electron chi connectivity index (χ1n) is 7.24. The van der Waals surface area contributed by atoms with Gasteiger partial charge in [-0.3, -0.25) is 4.57 Å². The van der Waals surface area contributed by atoms with Crippen molar-refractivity contribution in [1.82, 2.24) is 19.5 Å². The van der Waals surface area contributed by atoms with Crippen LogP contribution in [0.2, 0.25) is 0 Å². The van der Waals surface area contributed by atoms with Crippen molar-refractivity contribution >= 4 is 28.2 Å². The van der Waals surface area contributed by atoms with Gasteiger partial charge in [0.15, 0.2) is 10.8 Å². The minimum absolute atomic E-state index is 0.583. The van der Waals surface area contributed by atoms with E-state index in [2.05, 4.69) is 38.7 Å². The van der Waals surface area contributed by atoms with Gasteiger partial charge in [-0.15, -0.1) is 11.3 Å². The summed E-state index contributed by atoms with van der Waals surface area (Å²) in [5.41, 5.74) is 3.14. The Morgan fingerprint density at radius 2 is 2.17 bits per heavy atom. The molecule has 4 rings (SSSR count). The average molecular weight is 325 g/mol. The molecular formula is C16H15N5OS. The normalized spacial score (nSPS) is 11.2. The molecule has 7 heteroatoms. The Morgan fingerprint density at radius 1 is 1.26 bits per heavy atom. The van der Waals surface area contributed by atoms with Crippen LogP contribution in [0.4, 0.5) is 5.82 Å². The second-order valence-corrected chi connectivity index (χ2v) is 6.09. The summed E-state index contributed by atoms with van der Waals surface area (Å²) in [5.74, 6) is 1.67. The summed E-state index contributed by atoms with van der Waals surface area (Å²) in [6, 6.07) is 3.81. The number of aryl methyl sites for hydroxylation is 1. The van der Waals surface area contributed by atoms with Crippen LogP contribution in [0.5, 0.6) is 0 Å². The van der Waals surface area contributed by atoms with Gasteiger partial charge in [-0.05, 0) is 31.5 Å². The number of hydrogen-bond donors (Lipinski definition) is 1. The van der Waals surface area contributed by atoms with Crippen LogP contribution < -0.4 is 5.32 Å². The first-order valence-corrected chi connectivity index (χ1v) is 8.12. The van der Waals surface area contributed by atoms with Crippen LogP contribution >= 0.6 is 11.3 Å². The van der Waals surface area contributed by atoms with Crippen LogP contribution in [-0.4, -0.2) is 19.5 Å². The monoisotopic (exact) mass is 325 g/mol. The number of aromatic nitrogens is 4. The van der Waals surface area contributed by atoms with Gasteiger partial charge >= 0.3 is 0 Å². The summed E-state index contributed by atoms with van der Waals surface area (Å²) in [7, 11) is 0. The maximum atomic E-state index is 5.37. The molecule has 4 aromatic rings. The van der Waals surface area contributed by atoms with Crippen LogP contribution in [-0.2, 0) is 6.54 Å². The maximum Gasteiger partial charge on any atom is 0.195 e. The van der Waals surface area contributed by atoms with E-state index in [0.29, 0.717) is 6.54 Å². The van der Waals surface area contributed by atoms with Crippen molar-refractivity contribution in [3.8, 4) is 5.13 Å². The lowest BCUT2D eigenvalue weighted by atomic mass is 10.2. The molecule has 4 heterocycles. The number of anilines is 1. The molecule has 6 nitrogen and oxygen atoms in total. The van der Waals surface area contributed by atoms with E-state index < -0.39 is 0 Å². The molecule has 4 aromatic heterocycles. The zero-order valence-corrected chi connectivity index (χ0v) is 13.6. The number of thiazole rings is 1. The van der Waals surface area contributed by atoms with E-state index in [0.717, 1.165) is 39.0 Å². The third-order valence-corrected chi connectivity index (χ3v) is 4.67. The van der Waals surface area contributed by atoms with Crippen LogP contribution in [0, 0.1) is 13.8 Å². The molecule has 0 aromatic carbocycles. The van der Waals surface area contributed by atoms with Gasteiger partial charge in [0, 0.05) is 17.3 Å². The lowest BCUT2D eigenvalue weighted by Gasteiger charge is -2.06. The molecule has 0 spiro atoms. The predicted molar refractivity (Wildman–Crippen MR) is 90.0 cm³/mol. The number of nitrogens with one attached hydrogen (secondary N) is 1. The van der Waals surface area contributed by atoms with E-state index in [-0.39, 0.29) is 0 Å². The molecule has 0 amide bonds. The van der Waals surface area contributed by atoms with E-state index in [1.54, 1.807) is 30.1 Å². The van der Waals surface area contributed by atoms with Crippen molar-refractivity contribution in [2.45, 2.75) is 20.4 Å². The van der Waals surface area contributed by atoms with Crippen molar-refractivity contribution < 1.29 is 4.42 Å². The first kappa shape index (κ1) is 14.0. The molecule has 0 atom stereocenters. The molecule has 0 aliphatic heterocycles. The Morgan fingerprint density at radius 3 is 2.91 bits per heavy atom. The summed E-state index contributed by atoms with van der Waals surface area (Å²) in [5, 5.41) is 7.24. The van der Waals surface area contributed by atoms with Crippen molar-refractivity contribution in [2.24, 2.45) is 0 Å².